The average Bonchev–Trinajstić information content (AvgIpc) is 2.93. The van der Waals surface area contributed by atoms with Crippen molar-refractivity contribution in [3.8, 4) is 0 Å². The summed E-state index contributed by atoms with van der Waals surface area (Å²) in [5.74, 6) is -1.82. The standard InChI is InChI=1S/C15H15NO4/c1-20-15(19)11-7-8-16-14(11)12(9-13(17)18)10-5-3-2-4-6-10/h2-8,12,16H,9H2,1H3,(H,17,18). The van der Waals surface area contributed by atoms with Crippen LogP contribution in [-0.4, -0.2) is 29.1 Å². The van der Waals surface area contributed by atoms with Gasteiger partial charge in [-0.25, -0.2) is 4.79 Å². The lowest BCUT2D eigenvalue weighted by Crippen LogP contribution is -2.13. The van der Waals surface area contributed by atoms with Gasteiger partial charge < -0.3 is 14.8 Å². The predicted molar refractivity (Wildman–Crippen MR) is 72.7 cm³/mol. The molecule has 0 saturated carbocycles. The Morgan fingerprint density at radius 2 is 1.95 bits per heavy atom. The first-order valence-corrected chi connectivity index (χ1v) is 6.15. The predicted octanol–water partition coefficient (Wildman–Crippen LogP) is 2.41. The Balaban J connectivity index is 2.45. The number of hydrogen-bond acceptors (Lipinski definition) is 3. The van der Waals surface area contributed by atoms with Crippen molar-refractivity contribution in [1.29, 1.82) is 0 Å². The van der Waals surface area contributed by atoms with Crippen LogP contribution in [0.5, 0.6) is 0 Å². The number of methoxy groups -OCH3 is 1. The van der Waals surface area contributed by atoms with Gasteiger partial charge in [0.1, 0.15) is 0 Å². The normalized spacial score (nSPS) is 11.8. The molecule has 0 fully saturated rings. The summed E-state index contributed by atoms with van der Waals surface area (Å²) in [6.07, 6.45) is 1.51. The Bertz CT molecular complexity index is 603. The smallest absolute Gasteiger partial charge is 0.339 e. The quantitative estimate of drug-likeness (QED) is 0.820. The first-order chi connectivity index (χ1) is 9.63. The van der Waals surface area contributed by atoms with Crippen LogP contribution in [0.4, 0.5) is 0 Å². The molecule has 0 bridgehead atoms. The lowest BCUT2D eigenvalue weighted by atomic mass is 9.90. The van der Waals surface area contributed by atoms with Gasteiger partial charge in [-0.2, -0.15) is 0 Å². The fourth-order valence-corrected chi connectivity index (χ4v) is 2.21. The monoisotopic (exact) mass is 273 g/mol. The van der Waals surface area contributed by atoms with Gasteiger partial charge in [-0.1, -0.05) is 30.3 Å². The molecule has 1 atom stereocenters. The van der Waals surface area contributed by atoms with Crippen molar-refractivity contribution >= 4 is 11.9 Å². The third-order valence-corrected chi connectivity index (χ3v) is 3.11. The highest BCUT2D eigenvalue weighted by Gasteiger charge is 2.24. The number of nitrogens with one attached hydrogen (secondary N) is 1. The summed E-state index contributed by atoms with van der Waals surface area (Å²) in [5, 5.41) is 9.10. The Morgan fingerprint density at radius 3 is 2.55 bits per heavy atom. The maximum Gasteiger partial charge on any atom is 0.339 e. The van der Waals surface area contributed by atoms with Gasteiger partial charge in [-0.3, -0.25) is 4.79 Å². The summed E-state index contributed by atoms with van der Waals surface area (Å²) >= 11 is 0. The van der Waals surface area contributed by atoms with E-state index in [0.717, 1.165) is 5.56 Å². The summed E-state index contributed by atoms with van der Waals surface area (Å²) < 4.78 is 4.72. The number of aromatic amines is 1. The Labute approximate surface area is 116 Å². The molecular weight excluding hydrogens is 258 g/mol. The van der Waals surface area contributed by atoms with Crippen LogP contribution < -0.4 is 0 Å². The van der Waals surface area contributed by atoms with E-state index in [4.69, 9.17) is 9.84 Å². The van der Waals surface area contributed by atoms with Gasteiger partial charge in [-0.15, -0.1) is 0 Å². The van der Waals surface area contributed by atoms with E-state index in [1.807, 2.05) is 30.3 Å². The molecule has 1 aromatic carbocycles. The zero-order valence-corrected chi connectivity index (χ0v) is 11.0. The van der Waals surface area contributed by atoms with E-state index in [2.05, 4.69) is 4.98 Å². The highest BCUT2D eigenvalue weighted by molar-refractivity contribution is 5.91. The molecule has 0 aliphatic rings. The van der Waals surface area contributed by atoms with Gasteiger partial charge in [0, 0.05) is 17.8 Å². The molecule has 0 saturated heterocycles. The molecule has 2 rings (SSSR count). The van der Waals surface area contributed by atoms with Crippen LogP contribution in [0.25, 0.3) is 0 Å². The number of aliphatic carboxylic acids is 1. The SMILES string of the molecule is COC(=O)c1cc[nH]c1C(CC(=O)O)c1ccccc1. The van der Waals surface area contributed by atoms with Crippen LogP contribution in [-0.2, 0) is 9.53 Å². The van der Waals surface area contributed by atoms with Crippen molar-refractivity contribution in [3.05, 3.63) is 59.4 Å². The van der Waals surface area contributed by atoms with Crippen LogP contribution in [0.15, 0.2) is 42.6 Å². The molecule has 2 N–H and O–H groups in total. The van der Waals surface area contributed by atoms with E-state index in [1.165, 1.54) is 7.11 Å². The minimum Gasteiger partial charge on any atom is -0.481 e. The maximum absolute atomic E-state index is 11.7. The highest BCUT2D eigenvalue weighted by atomic mass is 16.5. The third kappa shape index (κ3) is 2.88. The number of carboxylic acid groups (broad SMARTS) is 1. The van der Waals surface area contributed by atoms with Gasteiger partial charge in [0.25, 0.3) is 0 Å². The zero-order valence-electron chi connectivity index (χ0n) is 11.0. The van der Waals surface area contributed by atoms with E-state index < -0.39 is 17.9 Å². The number of esters is 1. The number of rotatable bonds is 5. The molecule has 0 radical (unpaired) electrons. The van der Waals surface area contributed by atoms with E-state index in [1.54, 1.807) is 12.3 Å². The van der Waals surface area contributed by atoms with Crippen molar-refractivity contribution in [2.24, 2.45) is 0 Å². The summed E-state index contributed by atoms with van der Waals surface area (Å²) in [6.45, 7) is 0. The largest absolute Gasteiger partial charge is 0.481 e. The molecule has 20 heavy (non-hydrogen) atoms. The molecule has 104 valence electrons. The highest BCUT2D eigenvalue weighted by Crippen LogP contribution is 2.29. The summed E-state index contributed by atoms with van der Waals surface area (Å²) in [6, 6.07) is 10.8. The number of carboxylic acids is 1. The first-order valence-electron chi connectivity index (χ1n) is 6.15. The van der Waals surface area contributed by atoms with Crippen molar-refractivity contribution in [2.45, 2.75) is 12.3 Å². The Hall–Kier alpha value is -2.56. The van der Waals surface area contributed by atoms with Crippen LogP contribution in [0.3, 0.4) is 0 Å². The lowest BCUT2D eigenvalue weighted by Gasteiger charge is -2.15. The van der Waals surface area contributed by atoms with Crippen LogP contribution in [0, 0.1) is 0 Å². The van der Waals surface area contributed by atoms with Crippen LogP contribution in [0.1, 0.15) is 34.0 Å². The molecule has 0 amide bonds. The number of aromatic nitrogens is 1. The lowest BCUT2D eigenvalue weighted by molar-refractivity contribution is -0.137. The summed E-state index contributed by atoms with van der Waals surface area (Å²) in [7, 11) is 1.30. The number of H-pyrrole nitrogens is 1. The van der Waals surface area contributed by atoms with Gasteiger partial charge in [0.15, 0.2) is 0 Å². The second kappa shape index (κ2) is 6.06. The fourth-order valence-electron chi connectivity index (χ4n) is 2.21. The van der Waals surface area contributed by atoms with E-state index in [9.17, 15) is 9.59 Å². The number of carbonyl (C=O) groups excluding carboxylic acids is 1. The van der Waals surface area contributed by atoms with E-state index >= 15 is 0 Å². The Morgan fingerprint density at radius 1 is 1.25 bits per heavy atom. The maximum atomic E-state index is 11.7. The minimum absolute atomic E-state index is 0.103. The topological polar surface area (TPSA) is 79.4 Å². The minimum atomic E-state index is -0.927. The molecule has 5 heteroatoms. The molecule has 0 aliphatic carbocycles. The zero-order chi connectivity index (χ0) is 14.5. The van der Waals surface area contributed by atoms with Gasteiger partial charge in [-0.05, 0) is 11.6 Å². The second-order valence-electron chi connectivity index (χ2n) is 4.36. The average molecular weight is 273 g/mol. The van der Waals surface area contributed by atoms with Crippen molar-refractivity contribution < 1.29 is 19.4 Å². The summed E-state index contributed by atoms with van der Waals surface area (Å²) in [4.78, 5) is 25.8. The molecule has 1 heterocycles. The van der Waals surface area contributed by atoms with E-state index in [0.29, 0.717) is 11.3 Å². The van der Waals surface area contributed by atoms with Crippen molar-refractivity contribution in [1.82, 2.24) is 4.98 Å². The van der Waals surface area contributed by atoms with Crippen LogP contribution in [0.2, 0.25) is 0 Å². The molecule has 5 nitrogen and oxygen atoms in total. The fraction of sp³-hybridized carbons (Fsp3) is 0.200. The molecule has 1 unspecified atom stereocenters. The molecule has 0 spiro atoms. The number of hydrogen-bond donors (Lipinski definition) is 2. The Kier molecular flexibility index (Phi) is 4.20. The van der Waals surface area contributed by atoms with Gasteiger partial charge in [0.05, 0.1) is 19.1 Å². The van der Waals surface area contributed by atoms with Crippen molar-refractivity contribution in [3.63, 3.8) is 0 Å². The number of ether oxygens (including phenoxy) is 1. The van der Waals surface area contributed by atoms with Gasteiger partial charge >= 0.3 is 11.9 Å². The molecule has 2 aromatic rings. The number of benzene rings is 1. The summed E-state index contributed by atoms with van der Waals surface area (Å²) in [5.41, 5.74) is 1.76. The van der Waals surface area contributed by atoms with E-state index in [-0.39, 0.29) is 6.42 Å². The molecule has 0 aliphatic heterocycles. The van der Waals surface area contributed by atoms with Crippen LogP contribution >= 0.6 is 0 Å². The number of carbonyl (C=O) groups is 2. The second-order valence-corrected chi connectivity index (χ2v) is 4.36. The molecular formula is C15H15NO4. The third-order valence-electron chi connectivity index (χ3n) is 3.11. The van der Waals surface area contributed by atoms with Crippen molar-refractivity contribution in [2.75, 3.05) is 7.11 Å². The van der Waals surface area contributed by atoms with Gasteiger partial charge in [0.2, 0.25) is 0 Å². The molecule has 1 aromatic heterocycles. The first kappa shape index (κ1) is 13.9.